The van der Waals surface area contributed by atoms with Gasteiger partial charge in [-0.1, -0.05) is 64.5 Å². The van der Waals surface area contributed by atoms with Gasteiger partial charge < -0.3 is 14.7 Å². The summed E-state index contributed by atoms with van der Waals surface area (Å²) in [4.78, 5) is 30.0. The van der Waals surface area contributed by atoms with Crippen LogP contribution >= 0.6 is 15.9 Å². The van der Waals surface area contributed by atoms with E-state index in [0.29, 0.717) is 26.3 Å². The molecule has 2 aromatic rings. The molecule has 0 aromatic heterocycles. The Kier molecular flexibility index (Phi) is 7.19. The monoisotopic (exact) mass is 496 g/mol. The van der Waals surface area contributed by atoms with Gasteiger partial charge in [-0.15, -0.1) is 0 Å². The van der Waals surface area contributed by atoms with Gasteiger partial charge in [-0.2, -0.15) is 0 Å². The van der Waals surface area contributed by atoms with Gasteiger partial charge in [0.15, 0.2) is 11.5 Å². The minimum Gasteiger partial charge on any atom is -0.503 e. The van der Waals surface area contributed by atoms with E-state index in [1.165, 1.54) is 6.08 Å². The number of ketones is 1. The maximum Gasteiger partial charge on any atom is 0.290 e. The van der Waals surface area contributed by atoms with Gasteiger partial charge in [-0.25, -0.2) is 0 Å². The number of ether oxygens (including phenoxy) is 1. The van der Waals surface area contributed by atoms with E-state index in [1.54, 1.807) is 11.0 Å². The molecular weight excluding hydrogens is 472 g/mol. The average molecular weight is 497 g/mol. The molecule has 1 saturated heterocycles. The summed E-state index contributed by atoms with van der Waals surface area (Å²) in [5.41, 5.74) is 1.77. The van der Waals surface area contributed by atoms with E-state index in [9.17, 15) is 14.7 Å². The lowest BCUT2D eigenvalue weighted by molar-refractivity contribution is -0.129. The van der Waals surface area contributed by atoms with Gasteiger partial charge in [0.2, 0.25) is 0 Å². The second-order valence-electron chi connectivity index (χ2n) is 7.78. The molecule has 1 N–H and O–H groups in total. The van der Waals surface area contributed by atoms with Gasteiger partial charge in [0.1, 0.15) is 0 Å². The maximum atomic E-state index is 13.2. The van der Waals surface area contributed by atoms with Crippen molar-refractivity contribution in [3.63, 3.8) is 0 Å². The highest BCUT2D eigenvalue weighted by atomic mass is 79.9. The zero-order chi connectivity index (χ0) is 22.5. The van der Waals surface area contributed by atoms with Crippen LogP contribution in [0.4, 0.5) is 0 Å². The van der Waals surface area contributed by atoms with Gasteiger partial charge in [0, 0.05) is 30.7 Å². The number of amides is 1. The lowest BCUT2D eigenvalue weighted by Crippen LogP contribution is -2.43. The molecule has 2 heterocycles. The molecule has 0 saturated carbocycles. The molecule has 7 heteroatoms. The maximum absolute atomic E-state index is 13.2. The predicted octanol–water partition coefficient (Wildman–Crippen LogP) is 3.76. The summed E-state index contributed by atoms with van der Waals surface area (Å²) in [6, 6.07) is 16.3. The van der Waals surface area contributed by atoms with Gasteiger partial charge in [0.05, 0.1) is 24.8 Å². The Morgan fingerprint density at radius 1 is 1.06 bits per heavy atom. The summed E-state index contributed by atoms with van der Waals surface area (Å²) in [6.07, 6.45) is 3.12. The molecule has 2 aliphatic rings. The molecule has 6 nitrogen and oxygen atoms in total. The van der Waals surface area contributed by atoms with E-state index in [-0.39, 0.29) is 11.4 Å². The number of halogens is 1. The highest BCUT2D eigenvalue weighted by Gasteiger charge is 2.42. The van der Waals surface area contributed by atoms with Crippen LogP contribution in [0, 0.1) is 0 Å². The molecule has 0 aliphatic carbocycles. The van der Waals surface area contributed by atoms with Crippen molar-refractivity contribution in [3.8, 4) is 0 Å². The van der Waals surface area contributed by atoms with Crippen molar-refractivity contribution in [3.05, 3.63) is 87.6 Å². The lowest BCUT2D eigenvalue weighted by atomic mass is 9.95. The molecule has 0 bridgehead atoms. The van der Waals surface area contributed by atoms with Crippen LogP contribution < -0.4 is 0 Å². The van der Waals surface area contributed by atoms with Crippen LogP contribution in [0.2, 0.25) is 0 Å². The van der Waals surface area contributed by atoms with Crippen molar-refractivity contribution in [2.24, 2.45) is 0 Å². The van der Waals surface area contributed by atoms with Crippen LogP contribution in [-0.2, 0) is 14.3 Å². The number of hydrogen-bond donors (Lipinski definition) is 1. The van der Waals surface area contributed by atoms with E-state index in [0.717, 1.165) is 28.7 Å². The van der Waals surface area contributed by atoms with Crippen LogP contribution in [0.3, 0.4) is 0 Å². The van der Waals surface area contributed by atoms with Crippen LogP contribution in [0.15, 0.2) is 76.5 Å². The molecule has 1 fully saturated rings. The van der Waals surface area contributed by atoms with Crippen molar-refractivity contribution in [1.82, 2.24) is 9.80 Å². The second-order valence-corrected chi connectivity index (χ2v) is 8.69. The Morgan fingerprint density at radius 2 is 1.75 bits per heavy atom. The topological polar surface area (TPSA) is 70.1 Å². The van der Waals surface area contributed by atoms with E-state index in [2.05, 4.69) is 20.8 Å². The molecule has 0 spiro atoms. The summed E-state index contributed by atoms with van der Waals surface area (Å²) in [5.74, 6) is -1.35. The summed E-state index contributed by atoms with van der Waals surface area (Å²) >= 11 is 3.43. The van der Waals surface area contributed by atoms with Gasteiger partial charge in [-0.05, 0) is 29.3 Å². The lowest BCUT2D eigenvalue weighted by Gasteiger charge is -2.31. The number of aliphatic hydroxyl groups excluding tert-OH is 1. The number of nitrogens with zero attached hydrogens (tertiary/aromatic N) is 2. The minimum absolute atomic E-state index is 0.117. The SMILES string of the molecule is O=C(/C=C/c1ccccc1)C1=C(O)C(=O)N(CCN2CCOCC2)C1c1ccc(Br)cc1. The molecule has 2 aromatic carbocycles. The van der Waals surface area contributed by atoms with E-state index < -0.39 is 17.7 Å². The quantitative estimate of drug-likeness (QED) is 0.591. The Morgan fingerprint density at radius 3 is 2.44 bits per heavy atom. The minimum atomic E-state index is -0.635. The van der Waals surface area contributed by atoms with Crippen molar-refractivity contribution in [2.45, 2.75) is 6.04 Å². The molecule has 1 amide bonds. The summed E-state index contributed by atoms with van der Waals surface area (Å²) in [5, 5.41) is 10.7. The predicted molar refractivity (Wildman–Crippen MR) is 126 cm³/mol. The van der Waals surface area contributed by atoms with Crippen molar-refractivity contribution < 1.29 is 19.4 Å². The van der Waals surface area contributed by atoms with Crippen LogP contribution in [0.25, 0.3) is 6.08 Å². The normalized spacial score (nSPS) is 19.8. The first kappa shape index (κ1) is 22.5. The fraction of sp³-hybridized carbons (Fsp3) is 0.280. The Balaban J connectivity index is 1.61. The van der Waals surface area contributed by atoms with Crippen LogP contribution in [-0.4, -0.2) is 66.0 Å². The molecule has 4 rings (SSSR count). The number of carbonyl (C=O) groups excluding carboxylic acids is 2. The smallest absolute Gasteiger partial charge is 0.290 e. The van der Waals surface area contributed by atoms with E-state index >= 15 is 0 Å². The first-order valence-corrected chi connectivity index (χ1v) is 11.4. The molecule has 2 aliphatic heterocycles. The number of morpholine rings is 1. The number of rotatable bonds is 7. The summed E-state index contributed by atoms with van der Waals surface area (Å²) < 4.78 is 6.29. The van der Waals surface area contributed by atoms with Gasteiger partial charge in [0.25, 0.3) is 5.91 Å². The largest absolute Gasteiger partial charge is 0.503 e. The molecular formula is C25H25BrN2O4. The molecule has 1 unspecified atom stereocenters. The third-order valence-corrected chi connectivity index (χ3v) is 6.27. The molecule has 32 heavy (non-hydrogen) atoms. The Bertz CT molecular complexity index is 1030. The first-order valence-electron chi connectivity index (χ1n) is 10.6. The number of hydrogen-bond acceptors (Lipinski definition) is 5. The highest BCUT2D eigenvalue weighted by molar-refractivity contribution is 9.10. The number of allylic oxidation sites excluding steroid dienone is 1. The van der Waals surface area contributed by atoms with E-state index in [1.807, 2.05) is 54.6 Å². The zero-order valence-electron chi connectivity index (χ0n) is 17.6. The van der Waals surface area contributed by atoms with Crippen LogP contribution in [0.5, 0.6) is 0 Å². The van der Waals surface area contributed by atoms with Crippen molar-refractivity contribution in [2.75, 3.05) is 39.4 Å². The molecule has 1 atom stereocenters. The molecule has 0 radical (unpaired) electrons. The van der Waals surface area contributed by atoms with Crippen LogP contribution in [0.1, 0.15) is 17.2 Å². The van der Waals surface area contributed by atoms with E-state index in [4.69, 9.17) is 4.74 Å². The highest BCUT2D eigenvalue weighted by Crippen LogP contribution is 2.38. The average Bonchev–Trinajstić information content (AvgIpc) is 3.08. The van der Waals surface area contributed by atoms with Crippen molar-refractivity contribution in [1.29, 1.82) is 0 Å². The summed E-state index contributed by atoms with van der Waals surface area (Å²) in [6.45, 7) is 3.99. The fourth-order valence-electron chi connectivity index (χ4n) is 4.03. The first-order chi connectivity index (χ1) is 15.5. The zero-order valence-corrected chi connectivity index (χ0v) is 19.2. The standard InChI is InChI=1S/C25H25BrN2O4/c26-20-9-7-19(8-10-20)23-22(21(29)11-6-18-4-2-1-3-5-18)24(30)25(31)28(23)13-12-27-14-16-32-17-15-27/h1-11,23,30H,12-17H2/b11-6+. The van der Waals surface area contributed by atoms with Gasteiger partial charge >= 0.3 is 0 Å². The Labute approximate surface area is 195 Å². The fourth-order valence-corrected chi connectivity index (χ4v) is 4.29. The Hall–Kier alpha value is -2.74. The second kappa shape index (κ2) is 10.3. The third-order valence-electron chi connectivity index (χ3n) is 5.74. The number of carbonyl (C=O) groups is 2. The molecule has 166 valence electrons. The third kappa shape index (κ3) is 5.01. The number of benzene rings is 2. The number of aliphatic hydroxyl groups is 1. The van der Waals surface area contributed by atoms with Crippen molar-refractivity contribution >= 4 is 33.7 Å². The van der Waals surface area contributed by atoms with Gasteiger partial charge in [-0.3, -0.25) is 14.5 Å². The summed E-state index contributed by atoms with van der Waals surface area (Å²) in [7, 11) is 0.